The number of para-hydroxylation sites is 1. The molecule has 0 spiro atoms. The number of benzene rings is 2. The molecule has 0 aliphatic carbocycles. The summed E-state index contributed by atoms with van der Waals surface area (Å²) >= 11 is 0. The Balaban J connectivity index is 2.00. The number of hydrogen-bond donors (Lipinski definition) is 0. The Bertz CT molecular complexity index is 1040. The quantitative estimate of drug-likeness (QED) is 0.698. The van der Waals surface area contributed by atoms with E-state index in [-0.39, 0.29) is 11.8 Å². The molecule has 2 amide bonds. The van der Waals surface area contributed by atoms with Gasteiger partial charge < -0.3 is 9.80 Å². The summed E-state index contributed by atoms with van der Waals surface area (Å²) in [5.41, 5.74) is 4.40. The first-order valence-electron chi connectivity index (χ1n) is 9.24. The molecule has 144 valence electrons. The third-order valence-corrected chi connectivity index (χ3v) is 4.96. The summed E-state index contributed by atoms with van der Waals surface area (Å²) in [6.07, 6.45) is 0. The van der Waals surface area contributed by atoms with Crippen molar-refractivity contribution >= 4 is 22.7 Å². The number of likely N-dealkylation sites (N-methyl/N-ethyl adjacent to an activating group) is 2. The molecule has 1 aromatic heterocycles. The first-order valence-corrected chi connectivity index (χ1v) is 9.24. The first kappa shape index (κ1) is 19.5. The second-order valence-electron chi connectivity index (χ2n) is 7.23. The topological polar surface area (TPSA) is 53.5 Å². The molecule has 0 saturated carbocycles. The molecule has 0 fully saturated rings. The number of aryl methyl sites for hydroxylation is 1. The summed E-state index contributed by atoms with van der Waals surface area (Å²) in [4.78, 5) is 32.8. The number of fused-ring (bicyclic) bond motifs is 1. The Morgan fingerprint density at radius 3 is 2.39 bits per heavy atom. The van der Waals surface area contributed by atoms with Gasteiger partial charge in [0.05, 0.1) is 5.52 Å². The van der Waals surface area contributed by atoms with Crippen LogP contribution >= 0.6 is 0 Å². The number of rotatable bonds is 4. The van der Waals surface area contributed by atoms with E-state index in [4.69, 9.17) is 0 Å². The Morgan fingerprint density at radius 2 is 1.68 bits per heavy atom. The van der Waals surface area contributed by atoms with Crippen molar-refractivity contribution in [3.63, 3.8) is 0 Å². The minimum Gasteiger partial charge on any atom is -0.347 e. The second kappa shape index (κ2) is 7.80. The minimum atomic E-state index is -0.532. The maximum absolute atomic E-state index is 13.0. The van der Waals surface area contributed by atoms with Crippen LogP contribution in [0.1, 0.15) is 23.0 Å². The van der Waals surface area contributed by atoms with Gasteiger partial charge in [-0.2, -0.15) is 0 Å². The first-order chi connectivity index (χ1) is 13.3. The van der Waals surface area contributed by atoms with Crippen molar-refractivity contribution in [1.29, 1.82) is 0 Å². The fourth-order valence-electron chi connectivity index (χ4n) is 3.29. The highest BCUT2D eigenvalue weighted by molar-refractivity contribution is 6.00. The molecular formula is C23H25N3O2. The van der Waals surface area contributed by atoms with Gasteiger partial charge in [0.15, 0.2) is 0 Å². The summed E-state index contributed by atoms with van der Waals surface area (Å²) in [6.45, 7) is 3.71. The van der Waals surface area contributed by atoms with Gasteiger partial charge in [0.1, 0.15) is 6.04 Å². The zero-order valence-electron chi connectivity index (χ0n) is 16.9. The molecule has 3 aromatic rings. The highest BCUT2D eigenvalue weighted by Crippen LogP contribution is 2.29. The molecule has 0 bridgehead atoms. The van der Waals surface area contributed by atoms with Crippen molar-refractivity contribution < 1.29 is 9.59 Å². The molecule has 5 heteroatoms. The van der Waals surface area contributed by atoms with Crippen molar-refractivity contribution in [2.75, 3.05) is 21.1 Å². The SMILES string of the molecule is Cc1cc(-c2cccc(C(=O)N(C)[C@H](C)C(=O)N(C)C)c2)c2ccccc2n1. The average Bonchev–Trinajstić information content (AvgIpc) is 2.70. The molecule has 5 nitrogen and oxygen atoms in total. The summed E-state index contributed by atoms with van der Waals surface area (Å²) in [7, 11) is 5.04. The van der Waals surface area contributed by atoms with Crippen molar-refractivity contribution in [2.45, 2.75) is 19.9 Å². The molecular weight excluding hydrogens is 350 g/mol. The van der Waals surface area contributed by atoms with Gasteiger partial charge >= 0.3 is 0 Å². The number of aromatic nitrogens is 1. The number of hydrogen-bond acceptors (Lipinski definition) is 3. The van der Waals surface area contributed by atoms with E-state index in [1.165, 1.54) is 9.80 Å². The van der Waals surface area contributed by atoms with E-state index in [1.807, 2.05) is 55.5 Å². The molecule has 0 radical (unpaired) electrons. The highest BCUT2D eigenvalue weighted by atomic mass is 16.2. The predicted octanol–water partition coefficient (Wildman–Crippen LogP) is 3.76. The van der Waals surface area contributed by atoms with Crippen molar-refractivity contribution in [1.82, 2.24) is 14.8 Å². The zero-order chi connectivity index (χ0) is 20.4. The second-order valence-corrected chi connectivity index (χ2v) is 7.23. The van der Waals surface area contributed by atoms with Crippen molar-refractivity contribution in [3.8, 4) is 11.1 Å². The molecule has 28 heavy (non-hydrogen) atoms. The van der Waals surface area contributed by atoms with Crippen LogP contribution in [0.5, 0.6) is 0 Å². The summed E-state index contributed by atoms with van der Waals surface area (Å²) in [5, 5.41) is 1.04. The van der Waals surface area contributed by atoms with E-state index in [2.05, 4.69) is 4.98 Å². The van der Waals surface area contributed by atoms with E-state index in [1.54, 1.807) is 34.1 Å². The summed E-state index contributed by atoms with van der Waals surface area (Å²) in [5.74, 6) is -0.289. The Hall–Kier alpha value is -3.21. The van der Waals surface area contributed by atoms with E-state index in [9.17, 15) is 9.59 Å². The number of carbonyl (C=O) groups is 2. The van der Waals surface area contributed by atoms with Crippen LogP contribution in [0, 0.1) is 6.92 Å². The molecule has 1 atom stereocenters. The third kappa shape index (κ3) is 3.74. The molecule has 3 rings (SSSR count). The molecule has 0 saturated heterocycles. The van der Waals surface area contributed by atoms with Crippen molar-refractivity contribution in [3.05, 3.63) is 65.9 Å². The van der Waals surface area contributed by atoms with Crippen molar-refractivity contribution in [2.24, 2.45) is 0 Å². The number of pyridine rings is 1. The monoisotopic (exact) mass is 375 g/mol. The standard InChI is InChI=1S/C23H25N3O2/c1-15-13-20(19-11-6-7-12-21(19)24-15)17-9-8-10-18(14-17)23(28)26(5)16(2)22(27)25(3)4/h6-14,16H,1-5H3/t16-/m1/s1. The van der Waals surface area contributed by atoms with Crippen LogP contribution in [0.15, 0.2) is 54.6 Å². The molecule has 0 unspecified atom stereocenters. The molecule has 0 aliphatic rings. The van der Waals surface area contributed by atoms with E-state index >= 15 is 0 Å². The lowest BCUT2D eigenvalue weighted by Crippen LogP contribution is -2.45. The van der Waals surface area contributed by atoms with Crippen LogP contribution in [-0.2, 0) is 4.79 Å². The average molecular weight is 375 g/mol. The Labute approximate surface area is 165 Å². The largest absolute Gasteiger partial charge is 0.347 e. The minimum absolute atomic E-state index is 0.109. The zero-order valence-corrected chi connectivity index (χ0v) is 16.9. The molecule has 1 heterocycles. The molecule has 0 N–H and O–H groups in total. The molecule has 0 aliphatic heterocycles. The van der Waals surface area contributed by atoms with Crippen LogP contribution < -0.4 is 0 Å². The van der Waals surface area contributed by atoms with Crippen LogP contribution in [0.4, 0.5) is 0 Å². The third-order valence-electron chi connectivity index (χ3n) is 4.96. The van der Waals surface area contributed by atoms with E-state index in [0.29, 0.717) is 5.56 Å². The fraction of sp³-hybridized carbons (Fsp3) is 0.261. The van der Waals surface area contributed by atoms with Crippen LogP contribution in [-0.4, -0.2) is 53.8 Å². The fourth-order valence-corrected chi connectivity index (χ4v) is 3.29. The maximum atomic E-state index is 13.0. The van der Waals surface area contributed by atoms with Gasteiger partial charge in [-0.15, -0.1) is 0 Å². The normalized spacial score (nSPS) is 11.9. The lowest BCUT2D eigenvalue weighted by atomic mass is 9.98. The predicted molar refractivity (Wildman–Crippen MR) is 112 cm³/mol. The summed E-state index contributed by atoms with van der Waals surface area (Å²) in [6, 6.07) is 17.0. The van der Waals surface area contributed by atoms with Gasteiger partial charge in [0, 0.05) is 37.8 Å². The number of amides is 2. The van der Waals surface area contributed by atoms with E-state index < -0.39 is 6.04 Å². The van der Waals surface area contributed by atoms with Gasteiger partial charge in [0.2, 0.25) is 5.91 Å². The van der Waals surface area contributed by atoms with Crippen LogP contribution in [0.3, 0.4) is 0 Å². The van der Waals surface area contributed by atoms with Crippen LogP contribution in [0.25, 0.3) is 22.0 Å². The summed E-state index contributed by atoms with van der Waals surface area (Å²) < 4.78 is 0. The van der Waals surface area contributed by atoms with Gasteiger partial charge in [-0.25, -0.2) is 0 Å². The Morgan fingerprint density at radius 1 is 0.964 bits per heavy atom. The van der Waals surface area contributed by atoms with Gasteiger partial charge in [0.25, 0.3) is 5.91 Å². The number of carbonyl (C=O) groups excluding carboxylic acids is 2. The van der Waals surface area contributed by atoms with Crippen LogP contribution in [0.2, 0.25) is 0 Å². The highest BCUT2D eigenvalue weighted by Gasteiger charge is 2.24. The lowest BCUT2D eigenvalue weighted by molar-refractivity contribution is -0.132. The Kier molecular flexibility index (Phi) is 5.45. The van der Waals surface area contributed by atoms with Gasteiger partial charge in [-0.3, -0.25) is 14.6 Å². The van der Waals surface area contributed by atoms with Gasteiger partial charge in [-0.05, 0) is 49.2 Å². The maximum Gasteiger partial charge on any atom is 0.254 e. The number of nitrogens with zero attached hydrogens (tertiary/aromatic N) is 3. The smallest absolute Gasteiger partial charge is 0.254 e. The van der Waals surface area contributed by atoms with Gasteiger partial charge in [-0.1, -0.05) is 30.3 Å². The lowest BCUT2D eigenvalue weighted by Gasteiger charge is -2.26. The van der Waals surface area contributed by atoms with E-state index in [0.717, 1.165) is 27.7 Å². The molecule has 2 aromatic carbocycles.